The molecule has 4 nitrogen and oxygen atoms in total. The Bertz CT molecular complexity index is 1040. The molecule has 0 aromatic heterocycles. The van der Waals surface area contributed by atoms with E-state index in [1.54, 1.807) is 6.92 Å². The van der Waals surface area contributed by atoms with Crippen LogP contribution in [0.5, 0.6) is 0 Å². The Morgan fingerprint density at radius 1 is 0.833 bits per heavy atom. The lowest BCUT2D eigenvalue weighted by Crippen LogP contribution is -2.03. The third kappa shape index (κ3) is 3.84. The summed E-state index contributed by atoms with van der Waals surface area (Å²) >= 11 is 12.0. The van der Waals surface area contributed by atoms with Gasteiger partial charge >= 0.3 is 0 Å². The molecule has 0 atom stereocenters. The van der Waals surface area contributed by atoms with Gasteiger partial charge in [0, 0.05) is 42.5 Å². The van der Waals surface area contributed by atoms with E-state index in [1.807, 2.05) is 0 Å². The number of benzene rings is 2. The quantitative estimate of drug-likeness (QED) is 0.611. The molecule has 2 aromatic carbocycles. The summed E-state index contributed by atoms with van der Waals surface area (Å²) in [5.41, 5.74) is 0.924. The first-order chi connectivity index (χ1) is 10.8. The summed E-state index contributed by atoms with van der Waals surface area (Å²) in [4.78, 5) is -0.594. The Morgan fingerprint density at radius 2 is 1.42 bits per heavy atom. The summed E-state index contributed by atoms with van der Waals surface area (Å²) in [5.74, 6) is 0. The third-order valence-electron chi connectivity index (χ3n) is 3.36. The van der Waals surface area contributed by atoms with E-state index in [0.29, 0.717) is 5.56 Å². The highest BCUT2D eigenvalue weighted by molar-refractivity contribution is 8.14. The number of halogens is 4. The van der Waals surface area contributed by atoms with Crippen molar-refractivity contribution in [3.8, 4) is 11.1 Å². The molecule has 0 aliphatic heterocycles. The van der Waals surface area contributed by atoms with Gasteiger partial charge in [-0.3, -0.25) is 0 Å². The fraction of sp³-hybridized carbons (Fsp3) is 0.143. The van der Waals surface area contributed by atoms with Gasteiger partial charge in [-0.1, -0.05) is 29.3 Å². The van der Waals surface area contributed by atoms with Gasteiger partial charge in [0.25, 0.3) is 18.1 Å². The van der Waals surface area contributed by atoms with Crippen LogP contribution in [0.25, 0.3) is 11.1 Å². The average Bonchev–Trinajstić information content (AvgIpc) is 2.41. The van der Waals surface area contributed by atoms with Crippen molar-refractivity contribution in [3.05, 3.63) is 45.4 Å². The van der Waals surface area contributed by atoms with Crippen molar-refractivity contribution >= 4 is 62.7 Å². The molecule has 2 rings (SSSR count). The summed E-state index contributed by atoms with van der Waals surface area (Å²) in [5, 5.41) is 0.359. The van der Waals surface area contributed by atoms with Gasteiger partial charge < -0.3 is 0 Å². The van der Waals surface area contributed by atoms with Gasteiger partial charge in [0.15, 0.2) is 0 Å². The van der Waals surface area contributed by atoms with Crippen LogP contribution in [0.1, 0.15) is 11.1 Å². The smallest absolute Gasteiger partial charge is 0.207 e. The molecular formula is C14H10Cl4O4S2. The monoisotopic (exact) mass is 446 g/mol. The van der Waals surface area contributed by atoms with Gasteiger partial charge in [0.2, 0.25) is 0 Å². The van der Waals surface area contributed by atoms with Crippen molar-refractivity contribution in [2.24, 2.45) is 0 Å². The Hall–Kier alpha value is -0.500. The summed E-state index contributed by atoms with van der Waals surface area (Å²) in [6.45, 7) is 3.15. The van der Waals surface area contributed by atoms with E-state index in [0.717, 1.165) is 6.07 Å². The Morgan fingerprint density at radius 3 is 1.92 bits per heavy atom. The largest absolute Gasteiger partial charge is 0.262 e. The molecule has 0 spiro atoms. The summed E-state index contributed by atoms with van der Waals surface area (Å²) in [6.07, 6.45) is 0. The molecule has 0 bridgehead atoms. The van der Waals surface area contributed by atoms with E-state index in [9.17, 15) is 16.8 Å². The summed E-state index contributed by atoms with van der Waals surface area (Å²) in [7, 11) is 2.62. The molecule has 10 heteroatoms. The van der Waals surface area contributed by atoms with E-state index in [2.05, 4.69) is 0 Å². The number of rotatable bonds is 3. The van der Waals surface area contributed by atoms with Gasteiger partial charge in [0.1, 0.15) is 0 Å². The first-order valence-electron chi connectivity index (χ1n) is 6.33. The van der Waals surface area contributed by atoms with Crippen molar-refractivity contribution in [1.82, 2.24) is 0 Å². The first kappa shape index (κ1) is 19.8. The van der Waals surface area contributed by atoms with E-state index >= 15 is 0 Å². The second-order valence-corrected chi connectivity index (χ2v) is 10.9. The molecular weight excluding hydrogens is 438 g/mol. The van der Waals surface area contributed by atoms with Crippen LogP contribution >= 0.6 is 44.6 Å². The summed E-state index contributed by atoms with van der Waals surface area (Å²) < 4.78 is 47.8. The molecule has 0 saturated carbocycles. The maximum absolute atomic E-state index is 12.0. The van der Waals surface area contributed by atoms with Crippen LogP contribution in [-0.2, 0) is 18.1 Å². The van der Waals surface area contributed by atoms with Crippen molar-refractivity contribution in [2.45, 2.75) is 23.6 Å². The minimum absolute atomic E-state index is 0.0662. The van der Waals surface area contributed by atoms with Gasteiger partial charge in [-0.2, -0.15) is 0 Å². The minimum atomic E-state index is -4.21. The summed E-state index contributed by atoms with van der Waals surface area (Å²) in [6, 6.07) is 5.38. The van der Waals surface area contributed by atoms with E-state index < -0.39 is 18.1 Å². The van der Waals surface area contributed by atoms with Crippen LogP contribution in [0.2, 0.25) is 10.0 Å². The molecule has 0 aliphatic rings. The highest BCUT2D eigenvalue weighted by Crippen LogP contribution is 2.41. The van der Waals surface area contributed by atoms with Crippen LogP contribution in [0.15, 0.2) is 34.1 Å². The predicted octanol–water partition coefficient (Wildman–Crippen LogP) is 5.13. The second-order valence-electron chi connectivity index (χ2n) is 5.03. The molecule has 0 aliphatic carbocycles. The van der Waals surface area contributed by atoms with Gasteiger partial charge in [-0.05, 0) is 43.2 Å². The van der Waals surface area contributed by atoms with Crippen molar-refractivity contribution < 1.29 is 16.8 Å². The maximum atomic E-state index is 12.0. The predicted molar refractivity (Wildman–Crippen MR) is 97.4 cm³/mol. The van der Waals surface area contributed by atoms with Crippen molar-refractivity contribution in [1.29, 1.82) is 0 Å². The maximum Gasteiger partial charge on any atom is 0.262 e. The second kappa shape index (κ2) is 6.67. The molecule has 0 saturated heterocycles. The fourth-order valence-electron chi connectivity index (χ4n) is 2.38. The van der Waals surface area contributed by atoms with Crippen LogP contribution < -0.4 is 0 Å². The molecule has 0 radical (unpaired) electrons. The normalized spacial score (nSPS) is 12.4. The molecule has 2 aromatic rings. The van der Waals surface area contributed by atoms with Crippen molar-refractivity contribution in [3.63, 3.8) is 0 Å². The molecule has 0 fully saturated rings. The van der Waals surface area contributed by atoms with Crippen molar-refractivity contribution in [2.75, 3.05) is 0 Å². The zero-order chi connectivity index (χ0) is 18.4. The molecule has 24 heavy (non-hydrogen) atoms. The lowest BCUT2D eigenvalue weighted by Gasteiger charge is -2.16. The number of aryl methyl sites for hydroxylation is 1. The number of hydrogen-bond acceptors (Lipinski definition) is 4. The van der Waals surface area contributed by atoms with Crippen LogP contribution in [0.4, 0.5) is 0 Å². The van der Waals surface area contributed by atoms with Gasteiger partial charge in [-0.15, -0.1) is 0 Å². The zero-order valence-electron chi connectivity index (χ0n) is 12.3. The molecule has 0 heterocycles. The zero-order valence-corrected chi connectivity index (χ0v) is 16.9. The highest BCUT2D eigenvalue weighted by atomic mass is 35.7. The average molecular weight is 448 g/mol. The van der Waals surface area contributed by atoms with E-state index in [4.69, 9.17) is 44.6 Å². The molecule has 130 valence electrons. The van der Waals surface area contributed by atoms with Gasteiger partial charge in [0.05, 0.1) is 9.79 Å². The number of hydrogen-bond donors (Lipinski definition) is 0. The third-order valence-corrected chi connectivity index (χ3v) is 7.02. The van der Waals surface area contributed by atoms with Crippen LogP contribution in [-0.4, -0.2) is 16.8 Å². The van der Waals surface area contributed by atoms with E-state index in [-0.39, 0.29) is 36.5 Å². The standard InChI is InChI=1S/C14H10Cl4O4S2/c1-7-5-11(14(24(18,21)22)8(2)13(7)16)10-4-3-9(15)6-12(10)23(17,19)20/h3-6H,1-2H3. The lowest BCUT2D eigenvalue weighted by atomic mass is 10.0. The van der Waals surface area contributed by atoms with Crippen LogP contribution in [0.3, 0.4) is 0 Å². The molecule has 0 amide bonds. The Labute approximate surface area is 159 Å². The van der Waals surface area contributed by atoms with Gasteiger partial charge in [-0.25, -0.2) is 16.8 Å². The first-order valence-corrected chi connectivity index (χ1v) is 11.7. The minimum Gasteiger partial charge on any atom is -0.207 e. The van der Waals surface area contributed by atoms with Crippen LogP contribution in [0, 0.1) is 13.8 Å². The molecule has 0 unspecified atom stereocenters. The fourth-order valence-corrected chi connectivity index (χ4v) is 5.41. The van der Waals surface area contributed by atoms with E-state index in [1.165, 1.54) is 25.1 Å². The Balaban J connectivity index is 3.05. The topological polar surface area (TPSA) is 68.3 Å². The molecule has 0 N–H and O–H groups in total. The Kier molecular flexibility index (Phi) is 5.50. The lowest BCUT2D eigenvalue weighted by molar-refractivity contribution is 0.607. The highest BCUT2D eigenvalue weighted by Gasteiger charge is 2.27. The SMILES string of the molecule is Cc1cc(-c2ccc(Cl)cc2S(=O)(=O)Cl)c(S(=O)(=O)Cl)c(C)c1Cl.